The second-order valence-corrected chi connectivity index (χ2v) is 3.75. The second kappa shape index (κ2) is 7.98. The van der Waals surface area contributed by atoms with Gasteiger partial charge in [0.2, 0.25) is 0 Å². The van der Waals surface area contributed by atoms with E-state index in [1.54, 1.807) is 20.8 Å². The first kappa shape index (κ1) is 16.6. The summed E-state index contributed by atoms with van der Waals surface area (Å²) < 4.78 is 14.5. The van der Waals surface area contributed by atoms with Gasteiger partial charge in [0, 0.05) is 0 Å². The quantitative estimate of drug-likeness (QED) is 0.581. The molecule has 0 radical (unpaired) electrons. The topological polar surface area (TPSA) is 91.8 Å². The van der Waals surface area contributed by atoms with Gasteiger partial charge < -0.3 is 14.2 Å². The molecule has 7 heteroatoms. The largest absolute Gasteiger partial charge is 0.462 e. The summed E-state index contributed by atoms with van der Waals surface area (Å²) in [6.07, 6.45) is 0. The second-order valence-electron chi connectivity index (χ2n) is 3.75. The smallest absolute Gasteiger partial charge is 0.357 e. The van der Waals surface area contributed by atoms with Crippen LogP contribution >= 0.6 is 0 Å². The molecule has 1 aromatic rings. The Kier molecular flexibility index (Phi) is 6.32. The van der Waals surface area contributed by atoms with Gasteiger partial charge in [-0.1, -0.05) is 0 Å². The van der Waals surface area contributed by atoms with E-state index in [-0.39, 0.29) is 36.8 Å². The lowest BCUT2D eigenvalue weighted by atomic mass is 10.1. The fourth-order valence-electron chi connectivity index (χ4n) is 1.51. The number of carbonyl (C=O) groups excluding carboxylic acids is 3. The highest BCUT2D eigenvalue weighted by Crippen LogP contribution is 2.12. The van der Waals surface area contributed by atoms with Crippen LogP contribution in [-0.2, 0) is 14.2 Å². The number of carbonyl (C=O) groups is 3. The Morgan fingerprint density at radius 1 is 0.857 bits per heavy atom. The molecule has 0 aliphatic rings. The summed E-state index contributed by atoms with van der Waals surface area (Å²) in [6, 6.07) is 2.59. The Bertz CT molecular complexity index is 540. The van der Waals surface area contributed by atoms with Gasteiger partial charge in [-0.05, 0) is 32.9 Å². The average molecular weight is 295 g/mol. The number of rotatable bonds is 6. The number of nitrogens with zero attached hydrogens (tertiary/aromatic N) is 1. The van der Waals surface area contributed by atoms with Crippen LogP contribution in [0.2, 0.25) is 0 Å². The number of ether oxygens (including phenoxy) is 3. The van der Waals surface area contributed by atoms with Crippen molar-refractivity contribution in [1.29, 1.82) is 0 Å². The van der Waals surface area contributed by atoms with Gasteiger partial charge in [-0.3, -0.25) is 0 Å². The van der Waals surface area contributed by atoms with Crippen LogP contribution in [0.25, 0.3) is 0 Å². The molecule has 0 aliphatic carbocycles. The summed E-state index contributed by atoms with van der Waals surface area (Å²) in [7, 11) is 0. The molecule has 0 N–H and O–H groups in total. The molecule has 1 rings (SSSR count). The van der Waals surface area contributed by atoms with E-state index in [4.69, 9.17) is 14.2 Å². The average Bonchev–Trinajstić information content (AvgIpc) is 2.47. The summed E-state index contributed by atoms with van der Waals surface area (Å²) in [5, 5.41) is 0. The summed E-state index contributed by atoms with van der Waals surface area (Å²) >= 11 is 0. The number of hydrogen-bond acceptors (Lipinski definition) is 7. The Balaban J connectivity index is 3.22. The van der Waals surface area contributed by atoms with Crippen LogP contribution in [0.4, 0.5) is 0 Å². The first-order chi connectivity index (χ1) is 10.0. The van der Waals surface area contributed by atoms with E-state index in [2.05, 4.69) is 4.98 Å². The molecule has 0 bridgehead atoms. The molecule has 21 heavy (non-hydrogen) atoms. The maximum atomic E-state index is 11.9. The van der Waals surface area contributed by atoms with Crippen LogP contribution in [-0.4, -0.2) is 42.7 Å². The Labute approximate surface area is 122 Å². The zero-order valence-electron chi connectivity index (χ0n) is 12.2. The van der Waals surface area contributed by atoms with E-state index in [0.717, 1.165) is 0 Å². The van der Waals surface area contributed by atoms with Crippen molar-refractivity contribution >= 4 is 17.9 Å². The fourth-order valence-corrected chi connectivity index (χ4v) is 1.51. The van der Waals surface area contributed by atoms with Crippen molar-refractivity contribution in [2.45, 2.75) is 20.8 Å². The molecule has 0 aliphatic heterocycles. The van der Waals surface area contributed by atoms with E-state index in [9.17, 15) is 14.4 Å². The highest BCUT2D eigenvalue weighted by atomic mass is 16.5. The molecule has 1 aromatic heterocycles. The van der Waals surface area contributed by atoms with Crippen LogP contribution in [0, 0.1) is 0 Å². The predicted molar refractivity (Wildman–Crippen MR) is 72.1 cm³/mol. The van der Waals surface area contributed by atoms with Crippen molar-refractivity contribution in [2.75, 3.05) is 19.8 Å². The first-order valence-electron chi connectivity index (χ1n) is 6.57. The Morgan fingerprint density at radius 3 is 1.95 bits per heavy atom. The number of aromatic nitrogens is 1. The predicted octanol–water partition coefficient (Wildman–Crippen LogP) is 1.61. The summed E-state index contributed by atoms with van der Waals surface area (Å²) in [4.78, 5) is 39.2. The third-order valence-electron chi connectivity index (χ3n) is 2.34. The highest BCUT2D eigenvalue weighted by Gasteiger charge is 2.23. The van der Waals surface area contributed by atoms with Gasteiger partial charge in [0.1, 0.15) is 5.69 Å². The van der Waals surface area contributed by atoms with Crippen molar-refractivity contribution < 1.29 is 28.6 Å². The van der Waals surface area contributed by atoms with Gasteiger partial charge in [0.25, 0.3) is 0 Å². The lowest BCUT2D eigenvalue weighted by Crippen LogP contribution is -2.18. The standard InChI is InChI=1S/C14H17NO6/c1-4-19-12(16)9-7-8-10(13(17)20-5-2)15-11(9)14(18)21-6-3/h7-8H,4-6H2,1-3H3. The molecular weight excluding hydrogens is 278 g/mol. The molecule has 0 atom stereocenters. The van der Waals surface area contributed by atoms with Crippen molar-refractivity contribution in [3.63, 3.8) is 0 Å². The molecule has 0 fully saturated rings. The molecule has 0 spiro atoms. The van der Waals surface area contributed by atoms with Crippen molar-refractivity contribution in [2.24, 2.45) is 0 Å². The molecule has 0 unspecified atom stereocenters. The first-order valence-corrected chi connectivity index (χ1v) is 6.57. The number of pyridine rings is 1. The van der Waals surface area contributed by atoms with Crippen LogP contribution in [0.15, 0.2) is 12.1 Å². The van der Waals surface area contributed by atoms with Gasteiger partial charge in [-0.25, -0.2) is 19.4 Å². The minimum atomic E-state index is -0.799. The maximum absolute atomic E-state index is 11.9. The van der Waals surface area contributed by atoms with Gasteiger partial charge in [0.05, 0.1) is 25.4 Å². The van der Waals surface area contributed by atoms with E-state index in [1.165, 1.54) is 12.1 Å². The van der Waals surface area contributed by atoms with Crippen LogP contribution in [0.5, 0.6) is 0 Å². The third kappa shape index (κ3) is 4.27. The minimum absolute atomic E-state index is 0.0525. The summed E-state index contributed by atoms with van der Waals surface area (Å²) in [5.41, 5.74) is -0.392. The lowest BCUT2D eigenvalue weighted by Gasteiger charge is -2.09. The van der Waals surface area contributed by atoms with Gasteiger partial charge >= 0.3 is 17.9 Å². The zero-order chi connectivity index (χ0) is 15.8. The third-order valence-corrected chi connectivity index (χ3v) is 2.34. The number of hydrogen-bond donors (Lipinski definition) is 0. The van der Waals surface area contributed by atoms with E-state index in [1.807, 2.05) is 0 Å². The zero-order valence-corrected chi connectivity index (χ0v) is 12.2. The van der Waals surface area contributed by atoms with E-state index in [0.29, 0.717) is 0 Å². The monoisotopic (exact) mass is 295 g/mol. The highest BCUT2D eigenvalue weighted by molar-refractivity contribution is 6.02. The Hall–Kier alpha value is -2.44. The van der Waals surface area contributed by atoms with Gasteiger partial charge in [-0.15, -0.1) is 0 Å². The molecule has 0 aromatic carbocycles. The van der Waals surface area contributed by atoms with Gasteiger partial charge in [-0.2, -0.15) is 0 Å². The SMILES string of the molecule is CCOC(=O)c1ccc(C(=O)OCC)c(C(=O)OCC)n1. The van der Waals surface area contributed by atoms with Crippen molar-refractivity contribution in [1.82, 2.24) is 4.98 Å². The molecule has 0 amide bonds. The molecule has 7 nitrogen and oxygen atoms in total. The summed E-state index contributed by atoms with van der Waals surface area (Å²) in [5.74, 6) is -2.19. The molecule has 0 saturated heterocycles. The van der Waals surface area contributed by atoms with Gasteiger partial charge in [0.15, 0.2) is 5.69 Å². The number of esters is 3. The molecule has 114 valence electrons. The van der Waals surface area contributed by atoms with E-state index < -0.39 is 17.9 Å². The Morgan fingerprint density at radius 2 is 1.38 bits per heavy atom. The van der Waals surface area contributed by atoms with Crippen LogP contribution in [0.3, 0.4) is 0 Å². The molecular formula is C14H17NO6. The van der Waals surface area contributed by atoms with Crippen LogP contribution in [0.1, 0.15) is 52.1 Å². The minimum Gasteiger partial charge on any atom is -0.462 e. The lowest BCUT2D eigenvalue weighted by molar-refractivity contribution is 0.0467. The maximum Gasteiger partial charge on any atom is 0.357 e. The van der Waals surface area contributed by atoms with Crippen molar-refractivity contribution in [3.05, 3.63) is 29.1 Å². The van der Waals surface area contributed by atoms with E-state index >= 15 is 0 Å². The fraction of sp³-hybridized carbons (Fsp3) is 0.429. The normalized spacial score (nSPS) is 9.86. The van der Waals surface area contributed by atoms with Crippen LogP contribution < -0.4 is 0 Å². The molecule has 1 heterocycles. The van der Waals surface area contributed by atoms with Crippen molar-refractivity contribution in [3.8, 4) is 0 Å². The summed E-state index contributed by atoms with van der Waals surface area (Å²) in [6.45, 7) is 5.36. The molecule has 0 saturated carbocycles.